The van der Waals surface area contributed by atoms with Gasteiger partial charge in [-0.1, -0.05) is 0 Å². The second-order valence-corrected chi connectivity index (χ2v) is 9.00. The van der Waals surface area contributed by atoms with Crippen molar-refractivity contribution in [2.75, 3.05) is 0 Å². The van der Waals surface area contributed by atoms with Gasteiger partial charge in [0.15, 0.2) is 0 Å². The van der Waals surface area contributed by atoms with Crippen molar-refractivity contribution in [3.63, 3.8) is 0 Å². The van der Waals surface area contributed by atoms with Crippen LogP contribution >= 0.6 is 22.6 Å². The van der Waals surface area contributed by atoms with E-state index in [1.165, 1.54) is 6.92 Å². The Balaban J connectivity index is 2.75. The average Bonchev–Trinajstić information content (AvgIpc) is 2.06. The first-order valence-corrected chi connectivity index (χ1v) is 9.77. The quantitative estimate of drug-likeness (QED) is 0.513. The predicted octanol–water partition coefficient (Wildman–Crippen LogP) is 1.18. The van der Waals surface area contributed by atoms with Gasteiger partial charge >= 0.3 is 104 Å². The van der Waals surface area contributed by atoms with Gasteiger partial charge in [0.05, 0.1) is 0 Å². The predicted molar refractivity (Wildman–Crippen MR) is 52.2 cm³/mol. The molecule has 0 saturated carbocycles. The zero-order chi connectivity index (χ0) is 9.84. The van der Waals surface area contributed by atoms with E-state index in [9.17, 15) is 9.90 Å². The standard InChI is InChI=1S/C6H4IO.C2H4O2.Hg/c7-5-1-3-6(8)4-2-5;1-2(3)4;/h1-3,8H;1H3,(H,3,4);/q;;+1/p-1. The molecule has 0 heterocycles. The van der Waals surface area contributed by atoms with Crippen LogP contribution in [0.2, 0.25) is 0 Å². The van der Waals surface area contributed by atoms with Crippen LogP contribution in [0.15, 0.2) is 18.2 Å². The molecule has 1 aromatic rings. The van der Waals surface area contributed by atoms with Gasteiger partial charge in [-0.05, 0) is 0 Å². The van der Waals surface area contributed by atoms with E-state index in [0.29, 0.717) is 0 Å². The van der Waals surface area contributed by atoms with Crippen LogP contribution in [0.5, 0.6) is 5.75 Å². The minimum atomic E-state index is -1.86. The van der Waals surface area contributed by atoms with Crippen molar-refractivity contribution in [2.45, 2.75) is 6.92 Å². The fourth-order valence-corrected chi connectivity index (χ4v) is 6.63. The van der Waals surface area contributed by atoms with Gasteiger partial charge in [0.1, 0.15) is 0 Å². The van der Waals surface area contributed by atoms with Crippen molar-refractivity contribution in [3.05, 3.63) is 21.8 Å². The first kappa shape index (κ1) is 11.2. The zero-order valence-electron chi connectivity index (χ0n) is 7.08. The fourth-order valence-electron chi connectivity index (χ4n) is 0.849. The summed E-state index contributed by atoms with van der Waals surface area (Å²) in [5.41, 5.74) is 0. The van der Waals surface area contributed by atoms with E-state index in [4.69, 9.17) is 2.64 Å². The molecule has 3 nitrogen and oxygen atoms in total. The first-order chi connectivity index (χ1) is 6.09. The van der Waals surface area contributed by atoms with Crippen molar-refractivity contribution in [2.24, 2.45) is 0 Å². The summed E-state index contributed by atoms with van der Waals surface area (Å²) in [6.07, 6.45) is 0. The molecule has 0 fully saturated rings. The van der Waals surface area contributed by atoms with E-state index in [1.54, 1.807) is 6.07 Å². The molecule has 1 rings (SSSR count). The number of rotatable bonds is 2. The van der Waals surface area contributed by atoms with Crippen molar-refractivity contribution >= 4 is 31.6 Å². The van der Waals surface area contributed by atoms with Crippen LogP contribution in [0.4, 0.5) is 0 Å². The van der Waals surface area contributed by atoms with Crippen molar-refractivity contribution in [3.8, 4) is 5.75 Å². The molecule has 0 unspecified atom stereocenters. The number of phenols is 1. The van der Waals surface area contributed by atoms with E-state index in [0.717, 1.165) is 6.64 Å². The number of phenolic OH excluding ortho intramolecular Hbond substituents is 1. The Labute approximate surface area is 103 Å². The van der Waals surface area contributed by atoms with E-state index < -0.39 is 25.0 Å². The summed E-state index contributed by atoms with van der Waals surface area (Å²) in [7, 11) is 0. The van der Waals surface area contributed by atoms with Gasteiger partial charge in [-0.3, -0.25) is 0 Å². The molecular formula is C8H7HgIO3. The van der Waals surface area contributed by atoms with Gasteiger partial charge in [-0.25, -0.2) is 0 Å². The topological polar surface area (TPSA) is 46.5 Å². The average molecular weight is 479 g/mol. The summed E-state index contributed by atoms with van der Waals surface area (Å²) in [5.74, 6) is 0.00302. The van der Waals surface area contributed by atoms with Crippen LogP contribution in [0.25, 0.3) is 0 Å². The molecule has 0 saturated heterocycles. The summed E-state index contributed by atoms with van der Waals surface area (Å²) in [4.78, 5) is 10.6. The molecule has 5 heteroatoms. The Morgan fingerprint density at radius 3 is 2.92 bits per heavy atom. The molecular weight excluding hydrogens is 472 g/mol. The number of hydrogen-bond donors (Lipinski definition) is 1. The maximum atomic E-state index is 10.6. The van der Waals surface area contributed by atoms with Crippen LogP contribution in [0.3, 0.4) is 0 Å². The third-order valence-corrected chi connectivity index (χ3v) is 7.70. The molecule has 0 radical (unpaired) electrons. The number of benzene rings is 1. The third-order valence-electron chi connectivity index (χ3n) is 1.47. The van der Waals surface area contributed by atoms with Crippen LogP contribution in [0.1, 0.15) is 6.92 Å². The molecule has 0 aliphatic rings. The van der Waals surface area contributed by atoms with Gasteiger partial charge < -0.3 is 0 Å². The molecule has 1 N–H and O–H groups in total. The third kappa shape index (κ3) is 3.80. The van der Waals surface area contributed by atoms with Crippen LogP contribution in [-0.2, 0) is 32.5 Å². The summed E-state index contributed by atoms with van der Waals surface area (Å²) < 4.78 is 6.89. The molecule has 0 bridgehead atoms. The number of carbonyl (C=O) groups excluding carboxylic acids is 1. The Hall–Kier alpha value is 0.155. The molecule has 0 amide bonds. The molecule has 0 aromatic heterocycles. The van der Waals surface area contributed by atoms with Crippen LogP contribution in [0, 0.1) is 3.57 Å². The van der Waals surface area contributed by atoms with Gasteiger partial charge in [0, 0.05) is 0 Å². The Bertz CT molecular complexity index is 327. The first-order valence-electron chi connectivity index (χ1n) is 3.70. The molecule has 0 atom stereocenters. The van der Waals surface area contributed by atoms with E-state index in [-0.39, 0.29) is 11.7 Å². The van der Waals surface area contributed by atoms with E-state index in [1.807, 2.05) is 12.1 Å². The van der Waals surface area contributed by atoms with Crippen molar-refractivity contribution in [1.82, 2.24) is 0 Å². The summed E-state index contributed by atoms with van der Waals surface area (Å²) >= 11 is 0.308. The number of hydrogen-bond acceptors (Lipinski definition) is 3. The zero-order valence-corrected chi connectivity index (χ0v) is 14.7. The monoisotopic (exact) mass is 480 g/mol. The Kier molecular flexibility index (Phi) is 4.44. The molecule has 13 heavy (non-hydrogen) atoms. The van der Waals surface area contributed by atoms with Crippen LogP contribution < -0.4 is 3.07 Å². The van der Waals surface area contributed by atoms with Gasteiger partial charge in [-0.15, -0.1) is 0 Å². The molecule has 0 spiro atoms. The Morgan fingerprint density at radius 2 is 2.31 bits per heavy atom. The summed E-state index contributed by atoms with van der Waals surface area (Å²) in [5, 5.41) is 9.41. The Morgan fingerprint density at radius 1 is 1.62 bits per heavy atom. The normalized spacial score (nSPS) is 9.08. The number of aromatic hydroxyl groups is 1. The maximum absolute atomic E-state index is 10.6. The van der Waals surface area contributed by atoms with E-state index in [2.05, 4.69) is 22.6 Å². The number of carbonyl (C=O) groups is 1. The fraction of sp³-hybridized carbons (Fsp3) is 0.125. The summed E-state index contributed by atoms with van der Waals surface area (Å²) in [6, 6.07) is 5.34. The summed E-state index contributed by atoms with van der Waals surface area (Å²) in [6.45, 7) is 1.39. The van der Waals surface area contributed by atoms with Gasteiger partial charge in [-0.2, -0.15) is 0 Å². The minimum absolute atomic E-state index is 0.250. The SMILES string of the molecule is CC(=O)[O][Hg][c]1cc(I)ccc1O. The van der Waals surface area contributed by atoms with Gasteiger partial charge in [0.2, 0.25) is 0 Å². The molecule has 0 aliphatic heterocycles. The second-order valence-electron chi connectivity index (χ2n) is 2.55. The van der Waals surface area contributed by atoms with E-state index >= 15 is 0 Å². The molecule has 1 aromatic carbocycles. The molecule has 66 valence electrons. The van der Waals surface area contributed by atoms with Crippen LogP contribution in [-0.4, -0.2) is 11.1 Å². The molecule has 0 aliphatic carbocycles. The number of halogens is 1. The van der Waals surface area contributed by atoms with Crippen molar-refractivity contribution < 1.29 is 37.6 Å². The van der Waals surface area contributed by atoms with Crippen molar-refractivity contribution in [1.29, 1.82) is 0 Å². The second kappa shape index (κ2) is 5.14. The van der Waals surface area contributed by atoms with Gasteiger partial charge in [0.25, 0.3) is 0 Å².